The van der Waals surface area contributed by atoms with E-state index in [0.29, 0.717) is 16.5 Å². The number of rotatable bonds is 6. The molecule has 1 saturated carbocycles. The predicted molar refractivity (Wildman–Crippen MR) is 119 cm³/mol. The number of aromatic nitrogens is 2. The number of carbonyl (C=O) groups excluding carboxylic acids is 1. The summed E-state index contributed by atoms with van der Waals surface area (Å²) in [7, 11) is 3.16. The third-order valence-corrected chi connectivity index (χ3v) is 5.80. The SMILES string of the molecule is COc1cc(C(C)NC(=O)c2nn(C)c(=O)c3ccccc23)ccc1OC1CCCC1. The van der Waals surface area contributed by atoms with Gasteiger partial charge in [0.1, 0.15) is 0 Å². The van der Waals surface area contributed by atoms with Gasteiger partial charge in [0.05, 0.1) is 24.6 Å². The maximum atomic E-state index is 13.0. The summed E-state index contributed by atoms with van der Waals surface area (Å²) in [6.07, 6.45) is 4.76. The van der Waals surface area contributed by atoms with Gasteiger partial charge in [-0.3, -0.25) is 9.59 Å². The van der Waals surface area contributed by atoms with E-state index in [2.05, 4.69) is 10.4 Å². The first-order valence-corrected chi connectivity index (χ1v) is 10.6. The summed E-state index contributed by atoms with van der Waals surface area (Å²) in [5.41, 5.74) is 0.874. The molecule has 3 aromatic rings. The smallest absolute Gasteiger partial charge is 0.274 e. The first-order valence-electron chi connectivity index (χ1n) is 10.6. The molecule has 1 aliphatic carbocycles. The first kappa shape index (κ1) is 20.9. The van der Waals surface area contributed by atoms with Crippen LogP contribution in [0.25, 0.3) is 10.8 Å². The molecule has 31 heavy (non-hydrogen) atoms. The minimum Gasteiger partial charge on any atom is -0.493 e. The van der Waals surface area contributed by atoms with Crippen molar-refractivity contribution < 1.29 is 14.3 Å². The molecule has 1 aliphatic rings. The number of nitrogens with zero attached hydrogens (tertiary/aromatic N) is 2. The van der Waals surface area contributed by atoms with Crippen LogP contribution in [0.15, 0.2) is 47.3 Å². The number of hydrogen-bond donors (Lipinski definition) is 1. The van der Waals surface area contributed by atoms with Crippen LogP contribution in [0.1, 0.15) is 54.7 Å². The topological polar surface area (TPSA) is 82.5 Å². The molecule has 0 radical (unpaired) electrons. The Labute approximate surface area is 181 Å². The Kier molecular flexibility index (Phi) is 5.93. The number of amides is 1. The van der Waals surface area contributed by atoms with Gasteiger partial charge in [0.2, 0.25) is 0 Å². The van der Waals surface area contributed by atoms with Crippen molar-refractivity contribution in [3.63, 3.8) is 0 Å². The van der Waals surface area contributed by atoms with Crippen molar-refractivity contribution in [3.05, 3.63) is 64.1 Å². The van der Waals surface area contributed by atoms with Crippen molar-refractivity contribution in [2.24, 2.45) is 7.05 Å². The van der Waals surface area contributed by atoms with Crippen molar-refractivity contribution in [1.82, 2.24) is 15.1 Å². The number of benzene rings is 2. The molecule has 1 aromatic heterocycles. The van der Waals surface area contributed by atoms with Crippen LogP contribution in [0.4, 0.5) is 0 Å². The molecule has 2 aromatic carbocycles. The molecule has 1 fully saturated rings. The molecule has 1 unspecified atom stereocenters. The lowest BCUT2D eigenvalue weighted by Gasteiger charge is -2.19. The molecule has 162 valence electrons. The monoisotopic (exact) mass is 421 g/mol. The minimum atomic E-state index is -0.343. The molecule has 1 heterocycles. The summed E-state index contributed by atoms with van der Waals surface area (Å²) >= 11 is 0. The van der Waals surface area contributed by atoms with Crippen LogP contribution in [0, 0.1) is 0 Å². The van der Waals surface area contributed by atoms with E-state index < -0.39 is 0 Å². The number of nitrogens with one attached hydrogen (secondary N) is 1. The molecule has 0 bridgehead atoms. The maximum Gasteiger partial charge on any atom is 0.274 e. The van der Waals surface area contributed by atoms with Crippen molar-refractivity contribution in [2.45, 2.75) is 44.8 Å². The molecular formula is C24H27N3O4. The molecule has 1 amide bonds. The fourth-order valence-corrected chi connectivity index (χ4v) is 4.05. The van der Waals surface area contributed by atoms with E-state index in [1.54, 1.807) is 38.4 Å². The Hall–Kier alpha value is -3.35. The van der Waals surface area contributed by atoms with E-state index in [-0.39, 0.29) is 29.3 Å². The minimum absolute atomic E-state index is 0.220. The normalized spacial score (nSPS) is 15.1. The summed E-state index contributed by atoms with van der Waals surface area (Å²) in [5.74, 6) is 1.03. The maximum absolute atomic E-state index is 13.0. The van der Waals surface area contributed by atoms with Gasteiger partial charge in [-0.05, 0) is 56.4 Å². The van der Waals surface area contributed by atoms with Crippen LogP contribution in [-0.2, 0) is 7.05 Å². The van der Waals surface area contributed by atoms with Crippen LogP contribution in [0.3, 0.4) is 0 Å². The third kappa shape index (κ3) is 4.26. The highest BCUT2D eigenvalue weighted by atomic mass is 16.5. The molecule has 7 nitrogen and oxygen atoms in total. The summed E-state index contributed by atoms with van der Waals surface area (Å²) in [6, 6.07) is 12.4. The highest BCUT2D eigenvalue weighted by Crippen LogP contribution is 2.33. The van der Waals surface area contributed by atoms with E-state index in [0.717, 1.165) is 24.2 Å². The standard InChI is InChI=1S/C24H27N3O4/c1-15(16-12-13-20(21(14-16)30-3)31-17-8-4-5-9-17)25-23(28)22-18-10-6-7-11-19(18)24(29)27(2)26-22/h6-7,10-15,17H,4-5,8-9H2,1-3H3,(H,25,28). The molecular weight excluding hydrogens is 394 g/mol. The fourth-order valence-electron chi connectivity index (χ4n) is 4.05. The van der Waals surface area contributed by atoms with E-state index >= 15 is 0 Å². The van der Waals surface area contributed by atoms with E-state index in [1.807, 2.05) is 25.1 Å². The molecule has 7 heteroatoms. The Bertz CT molecular complexity index is 1170. The summed E-state index contributed by atoms with van der Waals surface area (Å²) < 4.78 is 12.8. The van der Waals surface area contributed by atoms with Gasteiger partial charge in [0.25, 0.3) is 11.5 Å². The number of ether oxygens (including phenoxy) is 2. The predicted octanol–water partition coefficient (Wildman–Crippen LogP) is 3.75. The Morgan fingerprint density at radius 1 is 1.13 bits per heavy atom. The fraction of sp³-hybridized carbons (Fsp3) is 0.375. The third-order valence-electron chi connectivity index (χ3n) is 5.80. The Morgan fingerprint density at radius 3 is 2.55 bits per heavy atom. The van der Waals surface area contributed by atoms with Gasteiger partial charge in [0, 0.05) is 12.4 Å². The second-order valence-electron chi connectivity index (χ2n) is 7.95. The van der Waals surface area contributed by atoms with Crippen LogP contribution in [0.2, 0.25) is 0 Å². The quantitative estimate of drug-likeness (QED) is 0.655. The lowest BCUT2D eigenvalue weighted by Crippen LogP contribution is -2.31. The van der Waals surface area contributed by atoms with Crippen molar-refractivity contribution in [2.75, 3.05) is 7.11 Å². The highest BCUT2D eigenvalue weighted by Gasteiger charge is 2.21. The number of methoxy groups -OCH3 is 1. The summed E-state index contributed by atoms with van der Waals surface area (Å²) in [4.78, 5) is 25.3. The zero-order valence-electron chi connectivity index (χ0n) is 18.1. The Morgan fingerprint density at radius 2 is 1.84 bits per heavy atom. The van der Waals surface area contributed by atoms with Crippen molar-refractivity contribution in [1.29, 1.82) is 0 Å². The number of aryl methyl sites for hydroxylation is 1. The zero-order valence-corrected chi connectivity index (χ0v) is 18.1. The van der Waals surface area contributed by atoms with Gasteiger partial charge in [-0.25, -0.2) is 4.68 Å². The van der Waals surface area contributed by atoms with E-state index in [9.17, 15) is 9.59 Å². The number of fused-ring (bicyclic) bond motifs is 1. The lowest BCUT2D eigenvalue weighted by atomic mass is 10.1. The number of hydrogen-bond acceptors (Lipinski definition) is 5. The molecule has 0 saturated heterocycles. The second kappa shape index (κ2) is 8.79. The van der Waals surface area contributed by atoms with Gasteiger partial charge in [-0.1, -0.05) is 24.3 Å². The van der Waals surface area contributed by atoms with Crippen LogP contribution in [-0.4, -0.2) is 28.9 Å². The number of carbonyl (C=O) groups is 1. The van der Waals surface area contributed by atoms with E-state index in [4.69, 9.17) is 9.47 Å². The highest BCUT2D eigenvalue weighted by molar-refractivity contribution is 6.04. The second-order valence-corrected chi connectivity index (χ2v) is 7.95. The molecule has 1 N–H and O–H groups in total. The summed E-state index contributed by atoms with van der Waals surface area (Å²) in [5, 5.41) is 8.18. The zero-order chi connectivity index (χ0) is 22.0. The Balaban J connectivity index is 1.56. The van der Waals surface area contributed by atoms with Gasteiger partial charge >= 0.3 is 0 Å². The first-order chi connectivity index (χ1) is 15.0. The van der Waals surface area contributed by atoms with E-state index in [1.165, 1.54) is 17.5 Å². The van der Waals surface area contributed by atoms with Crippen LogP contribution >= 0.6 is 0 Å². The molecule has 0 aliphatic heterocycles. The molecule has 0 spiro atoms. The lowest BCUT2D eigenvalue weighted by molar-refractivity contribution is 0.0934. The van der Waals surface area contributed by atoms with Crippen LogP contribution < -0.4 is 20.3 Å². The van der Waals surface area contributed by atoms with Gasteiger partial charge in [0.15, 0.2) is 17.2 Å². The molecule has 1 atom stereocenters. The summed E-state index contributed by atoms with van der Waals surface area (Å²) in [6.45, 7) is 1.90. The van der Waals surface area contributed by atoms with Gasteiger partial charge < -0.3 is 14.8 Å². The largest absolute Gasteiger partial charge is 0.493 e. The molecule has 4 rings (SSSR count). The van der Waals surface area contributed by atoms with Crippen LogP contribution in [0.5, 0.6) is 11.5 Å². The van der Waals surface area contributed by atoms with Gasteiger partial charge in [-0.15, -0.1) is 0 Å². The average Bonchev–Trinajstić information content (AvgIpc) is 3.29. The van der Waals surface area contributed by atoms with Gasteiger partial charge in [-0.2, -0.15) is 5.10 Å². The average molecular weight is 421 g/mol. The van der Waals surface area contributed by atoms with Crippen molar-refractivity contribution in [3.8, 4) is 11.5 Å². The van der Waals surface area contributed by atoms with Crippen molar-refractivity contribution >= 4 is 16.7 Å².